The van der Waals surface area contributed by atoms with E-state index in [4.69, 9.17) is 4.99 Å². The van der Waals surface area contributed by atoms with Crippen LogP contribution in [0.1, 0.15) is 46.5 Å². The molecule has 1 rings (SSSR count). The minimum atomic E-state index is -0.0382. The van der Waals surface area contributed by atoms with Crippen LogP contribution in [0.25, 0.3) is 0 Å². The van der Waals surface area contributed by atoms with Crippen molar-refractivity contribution < 1.29 is 4.79 Å². The third-order valence-corrected chi connectivity index (χ3v) is 6.64. The number of allylic oxidation sites excluding steroid dienone is 1. The Morgan fingerprint density at radius 2 is 1.86 bits per heavy atom. The molecule has 1 saturated heterocycles. The van der Waals surface area contributed by atoms with E-state index in [0.29, 0.717) is 19.1 Å². The summed E-state index contributed by atoms with van der Waals surface area (Å²) in [5.74, 6) is 1.01. The van der Waals surface area contributed by atoms with Crippen LogP contribution in [0, 0.1) is 0 Å². The van der Waals surface area contributed by atoms with Crippen molar-refractivity contribution in [3.05, 3.63) is 24.8 Å². The summed E-state index contributed by atoms with van der Waals surface area (Å²) in [5, 5.41) is 6.53. The molecule has 0 aromatic carbocycles. The highest BCUT2D eigenvalue weighted by Gasteiger charge is 2.22. The fourth-order valence-corrected chi connectivity index (χ4v) is 4.52. The molecule has 1 unspecified atom stereocenters. The molecule has 1 aliphatic rings. The molecule has 0 spiro atoms. The van der Waals surface area contributed by atoms with E-state index in [1.54, 1.807) is 0 Å². The Labute approximate surface area is 221 Å². The van der Waals surface area contributed by atoms with Crippen LogP contribution in [0.5, 0.6) is 0 Å². The van der Waals surface area contributed by atoms with Crippen LogP contribution in [0.2, 0.25) is 0 Å². The molecular weight excluding hydrogens is 450 g/mol. The van der Waals surface area contributed by atoms with Crippen LogP contribution in [0.4, 0.5) is 0 Å². The Morgan fingerprint density at radius 3 is 2.47 bits per heavy atom. The van der Waals surface area contributed by atoms with Gasteiger partial charge in [0.05, 0.1) is 19.1 Å². The van der Waals surface area contributed by atoms with Crippen molar-refractivity contribution in [2.24, 2.45) is 4.99 Å². The van der Waals surface area contributed by atoms with Gasteiger partial charge in [-0.15, -0.1) is 6.58 Å². The summed E-state index contributed by atoms with van der Waals surface area (Å²) in [6, 6.07) is 0.596. The van der Waals surface area contributed by atoms with Gasteiger partial charge in [-0.05, 0) is 73.4 Å². The SMILES string of the molecule is C=CCN=C(C(C)NCC(=O)NCCN(CCC)C1CCN(C)CC1)N(C/C=C\CC)CCN(C)C. The molecular formula is C28H55N7O. The average molecular weight is 506 g/mol. The van der Waals surface area contributed by atoms with Crippen molar-refractivity contribution in [3.8, 4) is 0 Å². The lowest BCUT2D eigenvalue weighted by Gasteiger charge is -2.37. The summed E-state index contributed by atoms with van der Waals surface area (Å²) in [7, 11) is 6.37. The fraction of sp³-hybridized carbons (Fsp3) is 0.786. The molecule has 2 N–H and O–H groups in total. The highest BCUT2D eigenvalue weighted by molar-refractivity contribution is 5.88. The first-order valence-electron chi connectivity index (χ1n) is 13.9. The second-order valence-electron chi connectivity index (χ2n) is 10.1. The number of hydrogen-bond donors (Lipinski definition) is 2. The first-order chi connectivity index (χ1) is 17.3. The van der Waals surface area contributed by atoms with Crippen molar-refractivity contribution in [1.82, 2.24) is 30.2 Å². The number of nitrogens with zero attached hydrogens (tertiary/aromatic N) is 5. The number of piperidine rings is 1. The smallest absolute Gasteiger partial charge is 0.234 e. The van der Waals surface area contributed by atoms with Gasteiger partial charge in [0.15, 0.2) is 0 Å². The summed E-state index contributed by atoms with van der Waals surface area (Å²) in [5.41, 5.74) is 0. The lowest BCUT2D eigenvalue weighted by atomic mass is 10.0. The Bertz CT molecular complexity index is 656. The summed E-state index contributed by atoms with van der Waals surface area (Å²) >= 11 is 0. The number of rotatable bonds is 18. The first kappa shape index (κ1) is 32.3. The van der Waals surface area contributed by atoms with Crippen molar-refractivity contribution >= 4 is 11.7 Å². The quantitative estimate of drug-likeness (QED) is 0.169. The summed E-state index contributed by atoms with van der Waals surface area (Å²) in [6.45, 7) is 18.8. The monoisotopic (exact) mass is 505 g/mol. The highest BCUT2D eigenvalue weighted by atomic mass is 16.1. The van der Waals surface area contributed by atoms with Crippen molar-refractivity contribution in [2.45, 2.75) is 58.5 Å². The molecule has 0 saturated carbocycles. The number of amides is 1. The molecule has 36 heavy (non-hydrogen) atoms. The number of hydrogen-bond acceptors (Lipinski definition) is 6. The van der Waals surface area contributed by atoms with E-state index >= 15 is 0 Å². The van der Waals surface area contributed by atoms with E-state index in [1.165, 1.54) is 12.8 Å². The van der Waals surface area contributed by atoms with E-state index in [9.17, 15) is 4.79 Å². The van der Waals surface area contributed by atoms with Gasteiger partial charge in [0.25, 0.3) is 0 Å². The van der Waals surface area contributed by atoms with Crippen LogP contribution >= 0.6 is 0 Å². The predicted octanol–water partition coefficient (Wildman–Crippen LogP) is 2.30. The summed E-state index contributed by atoms with van der Waals surface area (Å²) in [4.78, 5) is 26.9. The first-order valence-corrected chi connectivity index (χ1v) is 13.9. The van der Waals surface area contributed by atoms with Crippen LogP contribution in [-0.4, -0.2) is 130 Å². The van der Waals surface area contributed by atoms with Gasteiger partial charge < -0.3 is 20.0 Å². The normalized spacial score (nSPS) is 16.7. The van der Waals surface area contributed by atoms with Crippen molar-refractivity contribution in [3.63, 3.8) is 0 Å². The van der Waals surface area contributed by atoms with Gasteiger partial charge in [0.1, 0.15) is 5.84 Å². The van der Waals surface area contributed by atoms with Gasteiger partial charge >= 0.3 is 0 Å². The average Bonchev–Trinajstić information content (AvgIpc) is 2.85. The zero-order valence-corrected chi connectivity index (χ0v) is 24.1. The molecule has 1 fully saturated rings. The molecule has 208 valence electrons. The number of amidine groups is 1. The number of likely N-dealkylation sites (N-methyl/N-ethyl adjacent to an activating group) is 1. The van der Waals surface area contributed by atoms with E-state index in [1.807, 2.05) is 6.08 Å². The second kappa shape index (κ2) is 19.4. The molecule has 0 radical (unpaired) electrons. The summed E-state index contributed by atoms with van der Waals surface area (Å²) in [6.07, 6.45) is 10.8. The topological polar surface area (TPSA) is 66.5 Å². The Hall–Kier alpha value is -1.74. The van der Waals surface area contributed by atoms with Gasteiger partial charge in [0.2, 0.25) is 5.91 Å². The Morgan fingerprint density at radius 1 is 1.14 bits per heavy atom. The Kier molecular flexibility index (Phi) is 17.4. The largest absolute Gasteiger partial charge is 0.354 e. The molecule has 1 amide bonds. The van der Waals surface area contributed by atoms with Gasteiger partial charge in [-0.25, -0.2) is 0 Å². The second-order valence-corrected chi connectivity index (χ2v) is 10.1. The molecule has 8 heteroatoms. The molecule has 1 atom stereocenters. The molecule has 0 aromatic heterocycles. The van der Waals surface area contributed by atoms with Crippen LogP contribution < -0.4 is 10.6 Å². The number of carbonyl (C=O) groups excluding carboxylic acids is 1. The van der Waals surface area contributed by atoms with E-state index in [0.717, 1.165) is 64.5 Å². The Balaban J connectivity index is 2.62. The number of nitrogens with one attached hydrogen (secondary N) is 2. The zero-order chi connectivity index (χ0) is 26.8. The molecule has 0 aliphatic carbocycles. The third-order valence-electron chi connectivity index (χ3n) is 6.64. The standard InChI is InChI=1S/C28H55N7O/c1-8-11-12-18-35(23-22-32(5)6)28(30-15-9-2)25(4)31-24-27(36)29-16-21-34(17-10-3)26-13-19-33(7)20-14-26/h9,11-12,25-26,31H,2,8,10,13-24H2,1,3-7H3,(H,29,36)/b12-11-,30-28?. The van der Waals surface area contributed by atoms with Crippen LogP contribution in [0.15, 0.2) is 29.8 Å². The minimum absolute atomic E-state index is 0.0375. The maximum Gasteiger partial charge on any atom is 0.234 e. The third kappa shape index (κ3) is 13.5. The maximum atomic E-state index is 12.7. The van der Waals surface area contributed by atoms with Crippen molar-refractivity contribution in [1.29, 1.82) is 0 Å². The molecule has 1 heterocycles. The van der Waals surface area contributed by atoms with Crippen LogP contribution in [-0.2, 0) is 4.79 Å². The van der Waals surface area contributed by atoms with Gasteiger partial charge in [-0.3, -0.25) is 20.0 Å². The van der Waals surface area contributed by atoms with E-state index in [2.05, 4.69) is 90.9 Å². The van der Waals surface area contributed by atoms with Crippen molar-refractivity contribution in [2.75, 3.05) is 86.6 Å². The van der Waals surface area contributed by atoms with E-state index in [-0.39, 0.29) is 18.5 Å². The van der Waals surface area contributed by atoms with Crippen LogP contribution in [0.3, 0.4) is 0 Å². The number of aliphatic imine (C=N–C) groups is 1. The van der Waals surface area contributed by atoms with Gasteiger partial charge in [-0.1, -0.05) is 32.1 Å². The number of likely N-dealkylation sites (tertiary alicyclic amines) is 1. The molecule has 0 aromatic rings. The van der Waals surface area contributed by atoms with Gasteiger partial charge in [0, 0.05) is 38.8 Å². The zero-order valence-electron chi connectivity index (χ0n) is 24.1. The van der Waals surface area contributed by atoms with Gasteiger partial charge in [-0.2, -0.15) is 0 Å². The lowest BCUT2D eigenvalue weighted by Crippen LogP contribution is -2.50. The number of carbonyl (C=O) groups is 1. The molecule has 0 bridgehead atoms. The highest BCUT2D eigenvalue weighted by Crippen LogP contribution is 2.15. The lowest BCUT2D eigenvalue weighted by molar-refractivity contribution is -0.120. The fourth-order valence-electron chi connectivity index (χ4n) is 4.52. The predicted molar refractivity (Wildman–Crippen MR) is 155 cm³/mol. The summed E-state index contributed by atoms with van der Waals surface area (Å²) < 4.78 is 0. The molecule has 1 aliphatic heterocycles. The van der Waals surface area contributed by atoms with E-state index < -0.39 is 0 Å². The maximum absolute atomic E-state index is 12.7. The molecule has 8 nitrogen and oxygen atoms in total. The minimum Gasteiger partial charge on any atom is -0.354 e.